The first-order valence-corrected chi connectivity index (χ1v) is 3.91. The fraction of sp³-hybridized carbons (Fsp3) is 0.143. The van der Waals surface area contributed by atoms with Crippen LogP contribution in [0.5, 0.6) is 5.75 Å². The number of alkyl halides is 3. The Morgan fingerprint density at radius 2 is 1.69 bits per heavy atom. The number of halogens is 3. The summed E-state index contributed by atoms with van der Waals surface area (Å²) < 4.78 is 38.0. The summed E-state index contributed by atoms with van der Waals surface area (Å²) in [6, 6.07) is 4.86. The van der Waals surface area contributed by atoms with Crippen molar-refractivity contribution in [2.75, 3.05) is 0 Å². The van der Waals surface area contributed by atoms with E-state index in [1.165, 1.54) is 24.3 Å². The lowest BCUT2D eigenvalue weighted by atomic mass is 10.3. The van der Waals surface area contributed by atoms with Crippen molar-refractivity contribution in [2.24, 2.45) is 0 Å². The molecule has 0 unspecified atom stereocenters. The van der Waals surface area contributed by atoms with Crippen molar-refractivity contribution in [1.29, 1.82) is 0 Å². The van der Waals surface area contributed by atoms with E-state index in [1.807, 2.05) is 0 Å². The summed E-state index contributed by atoms with van der Waals surface area (Å²) in [5.41, 5.74) is 0. The molecule has 1 rings (SSSR count). The van der Waals surface area contributed by atoms with E-state index in [1.54, 1.807) is 0 Å². The van der Waals surface area contributed by atoms with Crippen LogP contribution in [0.3, 0.4) is 0 Å². The normalized spacial score (nSPS) is 11.6. The minimum atomic E-state index is -4.67. The molecule has 13 heavy (non-hydrogen) atoms. The van der Waals surface area contributed by atoms with Crippen LogP contribution in [0.25, 0.3) is 0 Å². The van der Waals surface area contributed by atoms with E-state index in [0.717, 1.165) is 0 Å². The number of hydrogen-bond donors (Lipinski definition) is 0. The first-order valence-electron chi connectivity index (χ1n) is 3.17. The van der Waals surface area contributed by atoms with Gasteiger partial charge in [0.15, 0.2) is 5.75 Å². The predicted molar refractivity (Wildman–Crippen MR) is 39.6 cm³/mol. The van der Waals surface area contributed by atoms with Gasteiger partial charge in [-0.3, -0.25) is 5.11 Å². The highest BCUT2D eigenvalue weighted by Crippen LogP contribution is 2.29. The van der Waals surface area contributed by atoms with Gasteiger partial charge in [-0.2, -0.15) is 0 Å². The summed E-state index contributed by atoms with van der Waals surface area (Å²) in [7, 11) is 0. The van der Waals surface area contributed by atoms with Crippen molar-refractivity contribution in [3.63, 3.8) is 0 Å². The molecule has 1 radical (unpaired) electrons. The Morgan fingerprint density at radius 1 is 1.15 bits per heavy atom. The van der Waals surface area contributed by atoms with Crippen LogP contribution in [-0.2, 0) is 9.29 Å². The van der Waals surface area contributed by atoms with Crippen molar-refractivity contribution in [2.45, 2.75) is 11.3 Å². The topological polar surface area (TPSA) is 29.1 Å². The third-order valence-corrected chi connectivity index (χ3v) is 1.79. The van der Waals surface area contributed by atoms with Gasteiger partial charge in [0.1, 0.15) is 0 Å². The third-order valence-electron chi connectivity index (χ3n) is 1.06. The van der Waals surface area contributed by atoms with E-state index < -0.39 is 6.36 Å². The molecular formula is C7H4F3O2S. The molecular weight excluding hydrogens is 205 g/mol. The van der Waals surface area contributed by atoms with Gasteiger partial charge in [-0.15, -0.1) is 13.2 Å². The summed E-state index contributed by atoms with van der Waals surface area (Å²) in [6.45, 7) is 0. The lowest BCUT2D eigenvalue weighted by Gasteiger charge is -2.04. The summed E-state index contributed by atoms with van der Waals surface area (Å²) in [6.07, 6.45) is -4.67. The van der Waals surface area contributed by atoms with E-state index in [2.05, 4.69) is 4.18 Å². The molecule has 0 aliphatic heterocycles. The van der Waals surface area contributed by atoms with Crippen LogP contribution in [0, 0.1) is 0 Å². The number of hydrogen-bond acceptors (Lipinski definition) is 2. The average Bonchev–Trinajstić information content (AvgIpc) is 2.02. The van der Waals surface area contributed by atoms with Gasteiger partial charge in [-0.05, 0) is 24.3 Å². The van der Waals surface area contributed by atoms with Crippen molar-refractivity contribution < 1.29 is 22.5 Å². The summed E-state index contributed by atoms with van der Waals surface area (Å²) in [5, 5.41) is 10.6. The molecule has 0 heterocycles. The second kappa shape index (κ2) is 3.89. The maximum atomic E-state index is 11.5. The molecule has 0 bridgehead atoms. The minimum absolute atomic E-state index is 0.172. The van der Waals surface area contributed by atoms with Crippen molar-refractivity contribution in [1.82, 2.24) is 0 Å². The lowest BCUT2D eigenvalue weighted by Crippen LogP contribution is -2.07. The predicted octanol–water partition coefficient (Wildman–Crippen LogP) is 3.37. The van der Waals surface area contributed by atoms with Gasteiger partial charge >= 0.3 is 6.36 Å². The summed E-state index contributed by atoms with van der Waals surface area (Å²) >= 11 is 0.172. The zero-order valence-electron chi connectivity index (χ0n) is 6.17. The van der Waals surface area contributed by atoms with Gasteiger partial charge in [-0.25, -0.2) is 4.18 Å². The molecule has 71 valence electrons. The maximum Gasteiger partial charge on any atom is 0.533 e. The fourth-order valence-electron chi connectivity index (χ4n) is 0.591. The molecule has 0 spiro atoms. The molecule has 1 aromatic carbocycles. The van der Waals surface area contributed by atoms with Crippen molar-refractivity contribution in [3.8, 4) is 5.75 Å². The molecule has 0 N–H and O–H groups in total. The highest BCUT2D eigenvalue weighted by molar-refractivity contribution is 7.94. The molecule has 1 aromatic rings. The van der Waals surface area contributed by atoms with E-state index >= 15 is 0 Å². The highest BCUT2D eigenvalue weighted by Gasteiger charge is 2.30. The zero-order chi connectivity index (χ0) is 9.90. The lowest BCUT2D eigenvalue weighted by molar-refractivity contribution is -0.266. The zero-order valence-corrected chi connectivity index (χ0v) is 6.98. The molecule has 0 aliphatic carbocycles. The van der Waals surface area contributed by atoms with Crippen LogP contribution in [0.1, 0.15) is 0 Å². The molecule has 0 aliphatic rings. The fourth-order valence-corrected chi connectivity index (χ4v) is 1.03. The monoisotopic (exact) mass is 209 g/mol. The molecule has 0 fully saturated rings. The van der Waals surface area contributed by atoms with E-state index in [9.17, 15) is 18.3 Å². The third kappa shape index (κ3) is 4.05. The first-order chi connectivity index (χ1) is 5.97. The van der Waals surface area contributed by atoms with Gasteiger partial charge in [0.2, 0.25) is 0 Å². The smallest absolute Gasteiger partial charge is 0.290 e. The Labute approximate surface area is 76.5 Å². The van der Waals surface area contributed by atoms with E-state index in [0.29, 0.717) is 0 Å². The van der Waals surface area contributed by atoms with Crippen LogP contribution in [-0.4, -0.2) is 6.36 Å². The molecule has 0 aromatic heterocycles. The Balaban J connectivity index is 2.51. The number of benzene rings is 1. The number of rotatable bonds is 2. The van der Waals surface area contributed by atoms with Crippen molar-refractivity contribution in [3.05, 3.63) is 24.3 Å². The van der Waals surface area contributed by atoms with Gasteiger partial charge in [0, 0.05) is 16.9 Å². The van der Waals surface area contributed by atoms with Crippen LogP contribution >= 0.6 is 12.0 Å². The Hall–Kier alpha value is -0.880. The molecule has 0 saturated carbocycles. The Bertz CT molecular complexity index is 270. The highest BCUT2D eigenvalue weighted by atomic mass is 32.2. The summed E-state index contributed by atoms with van der Waals surface area (Å²) in [4.78, 5) is 0.233. The van der Waals surface area contributed by atoms with Crippen LogP contribution in [0.15, 0.2) is 29.2 Å². The average molecular weight is 209 g/mol. The van der Waals surface area contributed by atoms with Crippen LogP contribution in [0.4, 0.5) is 13.2 Å². The molecule has 0 saturated heterocycles. The second-order valence-electron chi connectivity index (χ2n) is 2.08. The van der Waals surface area contributed by atoms with Crippen LogP contribution in [0.2, 0.25) is 0 Å². The SMILES string of the molecule is [O]c1ccc(SOC(F)(F)F)cc1. The largest absolute Gasteiger partial charge is 0.533 e. The Kier molecular flexibility index (Phi) is 3.05. The van der Waals surface area contributed by atoms with Crippen LogP contribution < -0.4 is 0 Å². The van der Waals surface area contributed by atoms with Gasteiger partial charge in [-0.1, -0.05) is 0 Å². The maximum absolute atomic E-state index is 11.5. The Morgan fingerprint density at radius 3 is 2.15 bits per heavy atom. The van der Waals surface area contributed by atoms with E-state index in [4.69, 9.17) is 0 Å². The van der Waals surface area contributed by atoms with Crippen molar-refractivity contribution >= 4 is 12.0 Å². The molecule has 2 nitrogen and oxygen atoms in total. The minimum Gasteiger partial charge on any atom is -0.290 e. The second-order valence-corrected chi connectivity index (χ2v) is 2.89. The summed E-state index contributed by atoms with van der Waals surface area (Å²) in [5.74, 6) is -0.253. The van der Waals surface area contributed by atoms with E-state index in [-0.39, 0.29) is 22.7 Å². The quantitative estimate of drug-likeness (QED) is 0.698. The van der Waals surface area contributed by atoms with Gasteiger partial charge < -0.3 is 0 Å². The standard InChI is InChI=1S/C7H4F3O2S/c8-7(9,10)12-13-6-3-1-5(11)2-4-6/h1-4H. The molecule has 0 amide bonds. The van der Waals surface area contributed by atoms with Gasteiger partial charge in [0.05, 0.1) is 0 Å². The molecule has 0 atom stereocenters. The first kappa shape index (κ1) is 10.2. The van der Waals surface area contributed by atoms with Gasteiger partial charge in [0.25, 0.3) is 0 Å². The molecule has 6 heteroatoms.